The highest BCUT2D eigenvalue weighted by atomic mass is 16.5. The molecule has 1 aliphatic heterocycles. The molecule has 0 bridgehead atoms. The third-order valence-corrected chi connectivity index (χ3v) is 3.54. The summed E-state index contributed by atoms with van der Waals surface area (Å²) in [5.41, 5.74) is 0. The second-order valence-electron chi connectivity index (χ2n) is 5.13. The van der Waals surface area contributed by atoms with E-state index in [9.17, 15) is 5.11 Å². The summed E-state index contributed by atoms with van der Waals surface area (Å²) in [7, 11) is 0. The second-order valence-corrected chi connectivity index (χ2v) is 5.13. The molecule has 18 heavy (non-hydrogen) atoms. The largest absolute Gasteiger partial charge is 0.392 e. The molecule has 1 saturated heterocycles. The van der Waals surface area contributed by atoms with Crippen molar-refractivity contribution in [2.45, 2.75) is 64.6 Å². The molecule has 1 aliphatic rings. The normalized spacial score (nSPS) is 23.2. The van der Waals surface area contributed by atoms with E-state index in [2.05, 4.69) is 22.0 Å². The number of aromatic nitrogens is 2. The molecule has 2 atom stereocenters. The average Bonchev–Trinajstić information content (AvgIpc) is 2.77. The van der Waals surface area contributed by atoms with Gasteiger partial charge in [-0.2, -0.15) is 4.98 Å². The van der Waals surface area contributed by atoms with Gasteiger partial charge in [-0.05, 0) is 32.7 Å². The number of piperidine rings is 1. The molecular formula is C13H23N3O2. The predicted molar refractivity (Wildman–Crippen MR) is 68.0 cm³/mol. The first-order valence-corrected chi connectivity index (χ1v) is 6.94. The fourth-order valence-electron chi connectivity index (χ4n) is 2.61. The molecule has 1 aromatic rings. The molecule has 2 unspecified atom stereocenters. The highest BCUT2D eigenvalue weighted by Crippen LogP contribution is 2.21. The summed E-state index contributed by atoms with van der Waals surface area (Å²) in [6.07, 6.45) is 5.01. The van der Waals surface area contributed by atoms with Gasteiger partial charge in [0.15, 0.2) is 5.82 Å². The van der Waals surface area contributed by atoms with Crippen molar-refractivity contribution in [1.82, 2.24) is 15.0 Å². The molecule has 1 fully saturated rings. The lowest BCUT2D eigenvalue weighted by Gasteiger charge is -2.36. The van der Waals surface area contributed by atoms with Crippen LogP contribution in [-0.2, 0) is 13.0 Å². The van der Waals surface area contributed by atoms with E-state index in [1.54, 1.807) is 0 Å². The highest BCUT2D eigenvalue weighted by molar-refractivity contribution is 4.89. The maximum absolute atomic E-state index is 9.81. The minimum atomic E-state index is -0.302. The van der Waals surface area contributed by atoms with E-state index in [1.165, 1.54) is 12.8 Å². The Hall–Kier alpha value is -0.940. The highest BCUT2D eigenvalue weighted by Gasteiger charge is 2.27. The van der Waals surface area contributed by atoms with Crippen molar-refractivity contribution in [3.05, 3.63) is 11.7 Å². The summed E-state index contributed by atoms with van der Waals surface area (Å²) in [6.45, 7) is 5.62. The van der Waals surface area contributed by atoms with Crippen molar-refractivity contribution in [3.8, 4) is 0 Å². The fraction of sp³-hybridized carbons (Fsp3) is 0.846. The molecule has 102 valence electrons. The summed E-state index contributed by atoms with van der Waals surface area (Å²) in [5, 5.41) is 13.8. The van der Waals surface area contributed by atoms with Crippen LogP contribution in [0.3, 0.4) is 0 Å². The lowest BCUT2D eigenvalue weighted by Crippen LogP contribution is -2.45. The Balaban J connectivity index is 1.97. The standard InChI is InChI=1S/C13H23N3O2/c1-3-6-12-14-13(18-15-12)9-16-8-5-4-7-11(16)10(2)17/h10-11,17H,3-9H2,1-2H3. The van der Waals surface area contributed by atoms with Crippen LogP contribution in [-0.4, -0.2) is 38.8 Å². The van der Waals surface area contributed by atoms with Crippen LogP contribution in [0.1, 0.15) is 51.2 Å². The Morgan fingerprint density at radius 1 is 1.50 bits per heavy atom. The van der Waals surface area contributed by atoms with Gasteiger partial charge in [0.05, 0.1) is 12.6 Å². The topological polar surface area (TPSA) is 62.4 Å². The number of aliphatic hydroxyl groups excluding tert-OH is 1. The van der Waals surface area contributed by atoms with Crippen molar-refractivity contribution in [3.63, 3.8) is 0 Å². The van der Waals surface area contributed by atoms with Gasteiger partial charge in [-0.25, -0.2) is 0 Å². The maximum Gasteiger partial charge on any atom is 0.240 e. The number of aliphatic hydroxyl groups is 1. The van der Waals surface area contributed by atoms with Crippen molar-refractivity contribution in [2.24, 2.45) is 0 Å². The van der Waals surface area contributed by atoms with Crippen LogP contribution < -0.4 is 0 Å². The number of rotatable bonds is 5. The minimum Gasteiger partial charge on any atom is -0.392 e. The Kier molecular flexibility index (Phi) is 4.72. The zero-order chi connectivity index (χ0) is 13.0. The number of nitrogens with zero attached hydrogens (tertiary/aromatic N) is 3. The third kappa shape index (κ3) is 3.29. The monoisotopic (exact) mass is 253 g/mol. The van der Waals surface area contributed by atoms with Crippen LogP contribution in [0, 0.1) is 0 Å². The van der Waals surface area contributed by atoms with Gasteiger partial charge in [0, 0.05) is 12.5 Å². The number of aryl methyl sites for hydroxylation is 1. The van der Waals surface area contributed by atoms with Crippen molar-refractivity contribution >= 4 is 0 Å². The number of hydrogen-bond donors (Lipinski definition) is 1. The molecule has 1 N–H and O–H groups in total. The van der Waals surface area contributed by atoms with E-state index < -0.39 is 0 Å². The molecule has 0 radical (unpaired) electrons. The Bertz CT molecular complexity index is 365. The molecular weight excluding hydrogens is 230 g/mol. The Morgan fingerprint density at radius 2 is 2.33 bits per heavy atom. The van der Waals surface area contributed by atoms with Crippen molar-refractivity contribution in [2.75, 3.05) is 6.54 Å². The van der Waals surface area contributed by atoms with Crippen molar-refractivity contribution in [1.29, 1.82) is 0 Å². The third-order valence-electron chi connectivity index (χ3n) is 3.54. The van der Waals surface area contributed by atoms with E-state index in [4.69, 9.17) is 4.52 Å². The van der Waals surface area contributed by atoms with Crippen LogP contribution in [0.2, 0.25) is 0 Å². The van der Waals surface area contributed by atoms with Gasteiger partial charge in [0.25, 0.3) is 0 Å². The molecule has 0 aliphatic carbocycles. The lowest BCUT2D eigenvalue weighted by molar-refractivity contribution is 0.0260. The molecule has 5 heteroatoms. The van der Waals surface area contributed by atoms with Crippen LogP contribution in [0.5, 0.6) is 0 Å². The first kappa shape index (κ1) is 13.5. The fourth-order valence-corrected chi connectivity index (χ4v) is 2.61. The number of likely N-dealkylation sites (tertiary alicyclic amines) is 1. The predicted octanol–water partition coefficient (Wildman–Crippen LogP) is 1.76. The van der Waals surface area contributed by atoms with Gasteiger partial charge in [-0.15, -0.1) is 0 Å². The Morgan fingerprint density at radius 3 is 3.06 bits per heavy atom. The van der Waals surface area contributed by atoms with Crippen molar-refractivity contribution < 1.29 is 9.63 Å². The Labute approximate surface area is 108 Å². The molecule has 2 rings (SSSR count). The average molecular weight is 253 g/mol. The minimum absolute atomic E-state index is 0.222. The smallest absolute Gasteiger partial charge is 0.240 e. The summed E-state index contributed by atoms with van der Waals surface area (Å²) in [6, 6.07) is 0.222. The molecule has 0 amide bonds. The first-order valence-electron chi connectivity index (χ1n) is 6.94. The van der Waals surface area contributed by atoms with Crippen LogP contribution in [0.4, 0.5) is 0 Å². The van der Waals surface area contributed by atoms with E-state index in [1.807, 2.05) is 6.92 Å². The summed E-state index contributed by atoms with van der Waals surface area (Å²) >= 11 is 0. The van der Waals surface area contributed by atoms with E-state index >= 15 is 0 Å². The number of hydrogen-bond acceptors (Lipinski definition) is 5. The van der Waals surface area contributed by atoms with Gasteiger partial charge < -0.3 is 9.63 Å². The van der Waals surface area contributed by atoms with Crippen LogP contribution in [0.25, 0.3) is 0 Å². The van der Waals surface area contributed by atoms with Crippen LogP contribution >= 0.6 is 0 Å². The zero-order valence-electron chi connectivity index (χ0n) is 11.3. The quantitative estimate of drug-likeness (QED) is 0.866. The maximum atomic E-state index is 9.81. The molecule has 5 nitrogen and oxygen atoms in total. The van der Waals surface area contributed by atoms with Gasteiger partial charge in [-0.1, -0.05) is 18.5 Å². The lowest BCUT2D eigenvalue weighted by atomic mass is 9.98. The van der Waals surface area contributed by atoms with Crippen LogP contribution in [0.15, 0.2) is 4.52 Å². The van der Waals surface area contributed by atoms with Gasteiger partial charge in [-0.3, -0.25) is 4.90 Å². The van der Waals surface area contributed by atoms with Gasteiger partial charge in [0.1, 0.15) is 0 Å². The zero-order valence-corrected chi connectivity index (χ0v) is 11.3. The van der Waals surface area contributed by atoms with E-state index in [0.717, 1.165) is 31.6 Å². The van der Waals surface area contributed by atoms with E-state index in [0.29, 0.717) is 12.4 Å². The molecule has 0 aromatic carbocycles. The van der Waals surface area contributed by atoms with E-state index in [-0.39, 0.29) is 12.1 Å². The summed E-state index contributed by atoms with van der Waals surface area (Å²) < 4.78 is 5.26. The van der Waals surface area contributed by atoms with Gasteiger partial charge in [0.2, 0.25) is 5.89 Å². The molecule has 1 aromatic heterocycles. The first-order chi connectivity index (χ1) is 8.70. The molecule has 2 heterocycles. The van der Waals surface area contributed by atoms with Gasteiger partial charge >= 0.3 is 0 Å². The second kappa shape index (κ2) is 6.29. The summed E-state index contributed by atoms with van der Waals surface area (Å²) in [5.74, 6) is 1.46. The molecule has 0 saturated carbocycles. The SMILES string of the molecule is CCCc1noc(CN2CCCCC2C(C)O)n1. The summed E-state index contributed by atoms with van der Waals surface area (Å²) in [4.78, 5) is 6.65. The molecule has 0 spiro atoms.